The Bertz CT molecular complexity index is 312. The van der Waals surface area contributed by atoms with E-state index < -0.39 is 6.09 Å². The van der Waals surface area contributed by atoms with Gasteiger partial charge in [-0.05, 0) is 24.6 Å². The summed E-state index contributed by atoms with van der Waals surface area (Å²) in [6.45, 7) is 1.78. The molecule has 0 aliphatic rings. The minimum absolute atomic E-state index is 0.0116. The molecule has 0 radical (unpaired) electrons. The van der Waals surface area contributed by atoms with Crippen molar-refractivity contribution >= 4 is 11.8 Å². The third-order valence-electron chi connectivity index (χ3n) is 1.59. The summed E-state index contributed by atoms with van der Waals surface area (Å²) in [5.74, 6) is 0. The number of amides is 1. The topological polar surface area (TPSA) is 58.6 Å². The van der Waals surface area contributed by atoms with Crippen LogP contribution < -0.4 is 5.32 Å². The first-order chi connectivity index (χ1) is 6.72. The Kier molecular flexibility index (Phi) is 3.94. The van der Waals surface area contributed by atoms with Crippen molar-refractivity contribution in [2.75, 3.05) is 18.5 Å². The summed E-state index contributed by atoms with van der Waals surface area (Å²) in [4.78, 5) is 11.0. The molecule has 0 saturated carbocycles. The molecule has 0 aliphatic heterocycles. The lowest BCUT2D eigenvalue weighted by molar-refractivity contribution is 0.131. The number of nitrogens with one attached hydrogen (secondary N) is 1. The molecule has 0 atom stereocenters. The zero-order valence-corrected chi connectivity index (χ0v) is 7.99. The van der Waals surface area contributed by atoms with E-state index in [1.807, 2.05) is 25.1 Å². The molecule has 1 amide bonds. The number of ether oxygens (including phenoxy) is 1. The lowest BCUT2D eigenvalue weighted by Gasteiger charge is -2.05. The van der Waals surface area contributed by atoms with Gasteiger partial charge in [-0.25, -0.2) is 4.79 Å². The van der Waals surface area contributed by atoms with Crippen molar-refractivity contribution in [3.8, 4) is 0 Å². The minimum atomic E-state index is -0.551. The number of aliphatic hydroxyl groups excluding tert-OH is 1. The Morgan fingerprint density at radius 1 is 1.57 bits per heavy atom. The van der Waals surface area contributed by atoms with Crippen LogP contribution in [0.25, 0.3) is 0 Å². The van der Waals surface area contributed by atoms with E-state index in [0.717, 1.165) is 5.56 Å². The molecule has 1 aromatic rings. The van der Waals surface area contributed by atoms with Gasteiger partial charge >= 0.3 is 6.09 Å². The van der Waals surface area contributed by atoms with E-state index in [1.165, 1.54) is 0 Å². The molecule has 1 rings (SSSR count). The first-order valence-corrected chi connectivity index (χ1v) is 4.33. The van der Waals surface area contributed by atoms with E-state index >= 15 is 0 Å². The summed E-state index contributed by atoms with van der Waals surface area (Å²) >= 11 is 0. The van der Waals surface area contributed by atoms with E-state index in [1.54, 1.807) is 6.07 Å². The molecule has 76 valence electrons. The Morgan fingerprint density at radius 2 is 2.36 bits per heavy atom. The van der Waals surface area contributed by atoms with E-state index in [2.05, 4.69) is 10.1 Å². The standard InChI is InChI=1S/C10H13NO3/c1-8-3-2-4-9(7-8)11-10(13)14-6-5-12/h2-4,7,12H,5-6H2,1H3,(H,11,13). The number of rotatable bonds is 3. The number of aryl methyl sites for hydroxylation is 1. The van der Waals surface area contributed by atoms with Gasteiger partial charge < -0.3 is 9.84 Å². The maximum Gasteiger partial charge on any atom is 0.411 e. The Labute approximate surface area is 82.5 Å². The number of anilines is 1. The second kappa shape index (κ2) is 5.24. The minimum Gasteiger partial charge on any atom is -0.447 e. The highest BCUT2D eigenvalue weighted by Crippen LogP contribution is 2.09. The van der Waals surface area contributed by atoms with Crippen molar-refractivity contribution in [2.45, 2.75) is 6.92 Å². The molecule has 2 N–H and O–H groups in total. The van der Waals surface area contributed by atoms with Crippen LogP contribution in [0.5, 0.6) is 0 Å². The first kappa shape index (κ1) is 10.5. The number of benzene rings is 1. The molecule has 4 nitrogen and oxygen atoms in total. The van der Waals surface area contributed by atoms with Gasteiger partial charge in [0.25, 0.3) is 0 Å². The van der Waals surface area contributed by atoms with Crippen LogP contribution in [0.15, 0.2) is 24.3 Å². The van der Waals surface area contributed by atoms with Crippen molar-refractivity contribution in [1.82, 2.24) is 0 Å². The van der Waals surface area contributed by atoms with Crippen LogP contribution in [0.4, 0.5) is 10.5 Å². The highest BCUT2D eigenvalue weighted by atomic mass is 16.6. The number of carbonyl (C=O) groups excluding carboxylic acids is 1. The lowest BCUT2D eigenvalue weighted by Crippen LogP contribution is -2.15. The molecule has 1 aromatic carbocycles. The van der Waals surface area contributed by atoms with E-state index in [9.17, 15) is 4.79 Å². The molecule has 0 fully saturated rings. The van der Waals surface area contributed by atoms with E-state index in [4.69, 9.17) is 5.11 Å². The van der Waals surface area contributed by atoms with Crippen LogP contribution in [-0.4, -0.2) is 24.4 Å². The summed E-state index contributed by atoms with van der Waals surface area (Å²) in [7, 11) is 0. The SMILES string of the molecule is Cc1cccc(NC(=O)OCCO)c1. The van der Waals surface area contributed by atoms with Gasteiger partial charge in [0.15, 0.2) is 0 Å². The van der Waals surface area contributed by atoms with Gasteiger partial charge in [0.2, 0.25) is 0 Å². The second-order valence-electron chi connectivity index (χ2n) is 2.85. The molecule has 0 bridgehead atoms. The fourth-order valence-corrected chi connectivity index (χ4v) is 1.02. The van der Waals surface area contributed by atoms with Crippen molar-refractivity contribution in [2.24, 2.45) is 0 Å². The molecule has 0 aliphatic carbocycles. The van der Waals surface area contributed by atoms with Crippen molar-refractivity contribution < 1.29 is 14.6 Å². The quantitative estimate of drug-likeness (QED) is 0.769. The highest BCUT2D eigenvalue weighted by Gasteiger charge is 2.01. The molecule has 0 unspecified atom stereocenters. The Balaban J connectivity index is 2.47. The maximum absolute atomic E-state index is 11.0. The summed E-state index contributed by atoms with van der Waals surface area (Å²) in [6.07, 6.45) is -0.551. The molecular formula is C10H13NO3. The fourth-order valence-electron chi connectivity index (χ4n) is 1.02. The second-order valence-corrected chi connectivity index (χ2v) is 2.85. The van der Waals surface area contributed by atoms with Crippen molar-refractivity contribution in [1.29, 1.82) is 0 Å². The third-order valence-corrected chi connectivity index (χ3v) is 1.59. The molecule has 0 saturated heterocycles. The van der Waals surface area contributed by atoms with Gasteiger partial charge in [-0.3, -0.25) is 5.32 Å². The summed E-state index contributed by atoms with van der Waals surface area (Å²) in [5, 5.41) is 11.0. The zero-order valence-electron chi connectivity index (χ0n) is 7.99. The van der Waals surface area contributed by atoms with Gasteiger partial charge in [-0.2, -0.15) is 0 Å². The largest absolute Gasteiger partial charge is 0.447 e. The van der Waals surface area contributed by atoms with Crippen LogP contribution in [0, 0.1) is 6.92 Å². The van der Waals surface area contributed by atoms with E-state index in [0.29, 0.717) is 5.69 Å². The molecule has 0 heterocycles. The summed E-state index contributed by atoms with van der Waals surface area (Å²) < 4.78 is 4.63. The van der Waals surface area contributed by atoms with Crippen LogP contribution in [0.1, 0.15) is 5.56 Å². The number of hydrogen-bond acceptors (Lipinski definition) is 3. The average Bonchev–Trinajstić information content (AvgIpc) is 2.15. The smallest absolute Gasteiger partial charge is 0.411 e. The first-order valence-electron chi connectivity index (χ1n) is 4.33. The summed E-state index contributed by atoms with van der Waals surface area (Å²) in [5.41, 5.74) is 1.75. The predicted octanol–water partition coefficient (Wildman–Crippen LogP) is 1.54. The van der Waals surface area contributed by atoms with Crippen molar-refractivity contribution in [3.63, 3.8) is 0 Å². The number of aliphatic hydroxyl groups is 1. The van der Waals surface area contributed by atoms with Gasteiger partial charge in [0, 0.05) is 5.69 Å². The highest BCUT2D eigenvalue weighted by molar-refractivity contribution is 5.84. The van der Waals surface area contributed by atoms with Gasteiger partial charge in [0.05, 0.1) is 6.61 Å². The van der Waals surface area contributed by atoms with Gasteiger partial charge in [-0.15, -0.1) is 0 Å². The van der Waals surface area contributed by atoms with Crippen LogP contribution in [-0.2, 0) is 4.74 Å². The molecule has 14 heavy (non-hydrogen) atoms. The van der Waals surface area contributed by atoms with Gasteiger partial charge in [-0.1, -0.05) is 12.1 Å². The number of hydrogen-bond donors (Lipinski definition) is 2. The van der Waals surface area contributed by atoms with Crippen LogP contribution in [0.3, 0.4) is 0 Å². The number of carbonyl (C=O) groups is 1. The van der Waals surface area contributed by atoms with Gasteiger partial charge in [0.1, 0.15) is 6.61 Å². The van der Waals surface area contributed by atoms with E-state index in [-0.39, 0.29) is 13.2 Å². The average molecular weight is 195 g/mol. The zero-order chi connectivity index (χ0) is 10.4. The molecule has 0 spiro atoms. The van der Waals surface area contributed by atoms with Crippen LogP contribution in [0.2, 0.25) is 0 Å². The summed E-state index contributed by atoms with van der Waals surface area (Å²) in [6, 6.07) is 7.38. The molecule has 4 heteroatoms. The fraction of sp³-hybridized carbons (Fsp3) is 0.300. The van der Waals surface area contributed by atoms with Crippen LogP contribution >= 0.6 is 0 Å². The monoisotopic (exact) mass is 195 g/mol. The lowest BCUT2D eigenvalue weighted by atomic mass is 10.2. The normalized spacial score (nSPS) is 9.57. The molecular weight excluding hydrogens is 182 g/mol. The van der Waals surface area contributed by atoms with Crippen molar-refractivity contribution in [3.05, 3.63) is 29.8 Å². The predicted molar refractivity (Wildman–Crippen MR) is 53.2 cm³/mol. The Hall–Kier alpha value is -1.55. The molecule has 0 aromatic heterocycles. The third kappa shape index (κ3) is 3.45. The maximum atomic E-state index is 11.0. The Morgan fingerprint density at radius 3 is 3.00 bits per heavy atom.